The van der Waals surface area contributed by atoms with E-state index in [2.05, 4.69) is 16.4 Å². The summed E-state index contributed by atoms with van der Waals surface area (Å²) in [6.07, 6.45) is 0.712. The molecule has 4 nitrogen and oxygen atoms in total. The highest BCUT2D eigenvalue weighted by Gasteiger charge is 2.20. The van der Waals surface area contributed by atoms with Crippen LogP contribution in [0.1, 0.15) is 38.2 Å². The van der Waals surface area contributed by atoms with Gasteiger partial charge in [0.2, 0.25) is 0 Å². The van der Waals surface area contributed by atoms with Crippen molar-refractivity contribution in [2.24, 2.45) is 0 Å². The highest BCUT2D eigenvalue weighted by Crippen LogP contribution is 2.22. The van der Waals surface area contributed by atoms with Gasteiger partial charge in [0, 0.05) is 4.88 Å². The molecule has 0 radical (unpaired) electrons. The summed E-state index contributed by atoms with van der Waals surface area (Å²) in [4.78, 5) is 18.0. The number of thiazole rings is 1. The largest absolute Gasteiger partial charge is 0.331 e. The standard InChI is InChI=1S/C13H13N3OS2/c1-3-9-12(19-8(2)15-9)13(17)16-10(7-14)11-5-4-6-18-11/h4-6,10H,3H2,1-2H3,(H,16,17). The molecule has 19 heavy (non-hydrogen) atoms. The highest BCUT2D eigenvalue weighted by molar-refractivity contribution is 7.13. The Bertz CT molecular complexity index is 610. The van der Waals surface area contributed by atoms with Crippen LogP contribution in [0.15, 0.2) is 17.5 Å². The first kappa shape index (κ1) is 13.7. The number of rotatable bonds is 4. The summed E-state index contributed by atoms with van der Waals surface area (Å²) in [5.74, 6) is -0.220. The van der Waals surface area contributed by atoms with Crippen LogP contribution in [-0.2, 0) is 6.42 Å². The minimum Gasteiger partial charge on any atom is -0.331 e. The molecule has 98 valence electrons. The van der Waals surface area contributed by atoms with Gasteiger partial charge in [-0.05, 0) is 24.8 Å². The topological polar surface area (TPSA) is 65.8 Å². The van der Waals surface area contributed by atoms with Crippen molar-refractivity contribution >= 4 is 28.6 Å². The Balaban J connectivity index is 2.18. The van der Waals surface area contributed by atoms with Crippen LogP contribution in [-0.4, -0.2) is 10.9 Å². The van der Waals surface area contributed by atoms with E-state index in [1.54, 1.807) is 0 Å². The molecule has 6 heteroatoms. The zero-order valence-corrected chi connectivity index (χ0v) is 12.3. The van der Waals surface area contributed by atoms with Gasteiger partial charge in [0.05, 0.1) is 16.8 Å². The summed E-state index contributed by atoms with van der Waals surface area (Å²) < 4.78 is 0. The van der Waals surface area contributed by atoms with Crippen molar-refractivity contribution in [3.63, 3.8) is 0 Å². The number of carbonyl (C=O) groups excluding carboxylic acids is 1. The Labute approximate surface area is 119 Å². The van der Waals surface area contributed by atoms with Gasteiger partial charge in [-0.15, -0.1) is 22.7 Å². The molecule has 2 rings (SSSR count). The van der Waals surface area contributed by atoms with E-state index in [0.29, 0.717) is 11.3 Å². The van der Waals surface area contributed by atoms with Crippen molar-refractivity contribution in [1.82, 2.24) is 10.3 Å². The fraction of sp³-hybridized carbons (Fsp3) is 0.308. The molecule has 0 fully saturated rings. The summed E-state index contributed by atoms with van der Waals surface area (Å²) >= 11 is 2.83. The summed E-state index contributed by atoms with van der Waals surface area (Å²) in [6.45, 7) is 3.84. The fourth-order valence-electron chi connectivity index (χ4n) is 1.71. The second-order valence-electron chi connectivity index (χ2n) is 3.91. The number of nitrogens with zero attached hydrogens (tertiary/aromatic N) is 2. The summed E-state index contributed by atoms with van der Waals surface area (Å²) in [5, 5.41) is 14.7. The maximum absolute atomic E-state index is 12.2. The van der Waals surface area contributed by atoms with Crippen LogP contribution in [0.25, 0.3) is 0 Å². The highest BCUT2D eigenvalue weighted by atomic mass is 32.1. The van der Waals surface area contributed by atoms with Gasteiger partial charge in [-0.3, -0.25) is 4.79 Å². The smallest absolute Gasteiger partial charge is 0.264 e. The van der Waals surface area contributed by atoms with Crippen LogP contribution in [0.3, 0.4) is 0 Å². The van der Waals surface area contributed by atoms with Gasteiger partial charge in [-0.2, -0.15) is 5.26 Å². The average Bonchev–Trinajstić information content (AvgIpc) is 3.04. The lowest BCUT2D eigenvalue weighted by Crippen LogP contribution is -2.27. The molecule has 2 aromatic rings. The number of thiophene rings is 1. The average molecular weight is 291 g/mol. The van der Waals surface area contributed by atoms with E-state index in [1.165, 1.54) is 22.7 Å². The molecule has 1 unspecified atom stereocenters. The molecule has 0 aliphatic heterocycles. The van der Waals surface area contributed by atoms with Crippen molar-refractivity contribution in [3.05, 3.63) is 38.0 Å². The van der Waals surface area contributed by atoms with Gasteiger partial charge < -0.3 is 5.32 Å². The van der Waals surface area contributed by atoms with E-state index < -0.39 is 6.04 Å². The Morgan fingerprint density at radius 1 is 1.63 bits per heavy atom. The molecule has 0 bridgehead atoms. The number of nitrogens with one attached hydrogen (secondary N) is 1. The lowest BCUT2D eigenvalue weighted by molar-refractivity contribution is 0.0948. The van der Waals surface area contributed by atoms with Gasteiger partial charge >= 0.3 is 0 Å². The molecule has 1 N–H and O–H groups in total. The number of hydrogen-bond donors (Lipinski definition) is 1. The quantitative estimate of drug-likeness (QED) is 0.941. The molecule has 2 heterocycles. The first-order chi connectivity index (χ1) is 9.15. The Morgan fingerprint density at radius 3 is 3.00 bits per heavy atom. The summed E-state index contributed by atoms with van der Waals surface area (Å²) in [6, 6.07) is 5.23. The van der Waals surface area contributed by atoms with E-state index >= 15 is 0 Å². The molecular weight excluding hydrogens is 278 g/mol. The third kappa shape index (κ3) is 3.00. The molecule has 0 aromatic carbocycles. The van der Waals surface area contributed by atoms with Crippen LogP contribution in [0.4, 0.5) is 0 Å². The number of aryl methyl sites for hydroxylation is 2. The number of amides is 1. The van der Waals surface area contributed by atoms with E-state index in [1.807, 2.05) is 31.4 Å². The predicted molar refractivity (Wildman–Crippen MR) is 76.4 cm³/mol. The van der Waals surface area contributed by atoms with E-state index in [4.69, 9.17) is 5.26 Å². The molecule has 1 atom stereocenters. The first-order valence-corrected chi connectivity index (χ1v) is 7.55. The van der Waals surface area contributed by atoms with Crippen molar-refractivity contribution in [2.45, 2.75) is 26.3 Å². The van der Waals surface area contributed by atoms with Crippen molar-refractivity contribution in [1.29, 1.82) is 5.26 Å². The van der Waals surface area contributed by atoms with Crippen LogP contribution in [0, 0.1) is 18.3 Å². The second kappa shape index (κ2) is 5.95. The molecule has 0 aliphatic carbocycles. The normalized spacial score (nSPS) is 11.8. The molecular formula is C13H13N3OS2. The molecule has 1 amide bonds. The third-order valence-corrected chi connectivity index (χ3v) is 4.53. The molecule has 2 aromatic heterocycles. The van der Waals surface area contributed by atoms with Crippen LogP contribution >= 0.6 is 22.7 Å². The van der Waals surface area contributed by atoms with Gasteiger partial charge in [0.15, 0.2) is 6.04 Å². The maximum atomic E-state index is 12.2. The lowest BCUT2D eigenvalue weighted by Gasteiger charge is -2.09. The van der Waals surface area contributed by atoms with Crippen molar-refractivity contribution in [3.8, 4) is 6.07 Å². The van der Waals surface area contributed by atoms with E-state index in [9.17, 15) is 4.79 Å². The monoisotopic (exact) mass is 291 g/mol. The number of aromatic nitrogens is 1. The van der Waals surface area contributed by atoms with Crippen LogP contribution in [0.5, 0.6) is 0 Å². The zero-order valence-electron chi connectivity index (χ0n) is 10.6. The maximum Gasteiger partial charge on any atom is 0.264 e. The van der Waals surface area contributed by atoms with Gasteiger partial charge in [0.25, 0.3) is 5.91 Å². The number of hydrogen-bond acceptors (Lipinski definition) is 5. The minimum atomic E-state index is -0.598. The number of carbonyl (C=O) groups is 1. The lowest BCUT2D eigenvalue weighted by atomic mass is 10.2. The van der Waals surface area contributed by atoms with E-state index in [0.717, 1.165) is 15.6 Å². The predicted octanol–water partition coefficient (Wildman–Crippen LogP) is 3.07. The summed E-state index contributed by atoms with van der Waals surface area (Å²) in [5.41, 5.74) is 0.794. The molecule has 0 saturated heterocycles. The SMILES string of the molecule is CCc1nc(C)sc1C(=O)NC(C#N)c1cccs1. The van der Waals surface area contributed by atoms with Crippen LogP contribution < -0.4 is 5.32 Å². The Hall–Kier alpha value is -1.71. The second-order valence-corrected chi connectivity index (χ2v) is 6.10. The molecule has 0 saturated carbocycles. The Morgan fingerprint density at radius 2 is 2.42 bits per heavy atom. The molecule has 0 aliphatic rings. The van der Waals surface area contributed by atoms with Crippen LogP contribution in [0.2, 0.25) is 0 Å². The van der Waals surface area contributed by atoms with Gasteiger partial charge in [0.1, 0.15) is 4.88 Å². The Kier molecular flexibility index (Phi) is 4.30. The first-order valence-electron chi connectivity index (χ1n) is 5.86. The van der Waals surface area contributed by atoms with E-state index in [-0.39, 0.29) is 5.91 Å². The molecule has 0 spiro atoms. The van der Waals surface area contributed by atoms with Gasteiger partial charge in [-0.25, -0.2) is 4.98 Å². The zero-order chi connectivity index (χ0) is 13.8. The van der Waals surface area contributed by atoms with Gasteiger partial charge in [-0.1, -0.05) is 13.0 Å². The summed E-state index contributed by atoms with van der Waals surface area (Å²) in [7, 11) is 0. The third-order valence-electron chi connectivity index (χ3n) is 2.58. The minimum absolute atomic E-state index is 0.220. The van der Waals surface area contributed by atoms with Crippen molar-refractivity contribution in [2.75, 3.05) is 0 Å². The number of nitriles is 1. The fourth-order valence-corrected chi connectivity index (χ4v) is 3.34. The van der Waals surface area contributed by atoms with Crippen molar-refractivity contribution < 1.29 is 4.79 Å².